The van der Waals surface area contributed by atoms with E-state index in [4.69, 9.17) is 9.47 Å². The molecule has 0 saturated carbocycles. The van der Waals surface area contributed by atoms with Gasteiger partial charge in [0, 0.05) is 23.5 Å². The van der Waals surface area contributed by atoms with E-state index in [0.29, 0.717) is 23.5 Å². The summed E-state index contributed by atoms with van der Waals surface area (Å²) in [5, 5.41) is 18.5. The molecule has 1 unspecified atom stereocenters. The van der Waals surface area contributed by atoms with Crippen LogP contribution in [0.5, 0.6) is 0 Å². The molecule has 3 aromatic rings. The van der Waals surface area contributed by atoms with Crippen LogP contribution in [0.15, 0.2) is 89.8 Å². The highest BCUT2D eigenvalue weighted by atomic mass is 16.6. The van der Waals surface area contributed by atoms with Crippen molar-refractivity contribution in [2.75, 3.05) is 13.7 Å². The van der Waals surface area contributed by atoms with E-state index in [2.05, 4.69) is 15.4 Å². The van der Waals surface area contributed by atoms with Crippen LogP contribution in [0.1, 0.15) is 36.5 Å². The van der Waals surface area contributed by atoms with Gasteiger partial charge in [0.15, 0.2) is 0 Å². The molecule has 0 bridgehead atoms. The number of esters is 2. The van der Waals surface area contributed by atoms with Gasteiger partial charge in [-0.2, -0.15) is 5.10 Å². The molecular weight excluding hydrogens is 502 g/mol. The topological polar surface area (TPSA) is 138 Å². The monoisotopic (exact) mass is 529 g/mol. The number of carbonyl (C=O) groups is 2. The predicted molar refractivity (Wildman–Crippen MR) is 142 cm³/mol. The molecule has 0 saturated heterocycles. The van der Waals surface area contributed by atoms with Crippen LogP contribution in [0.2, 0.25) is 0 Å². The standard InChI is InChI=1S/C28H27N5O6/c1-18-24(27(34)38-3)26(22-7-4-8-23(14-22)33(36)37)25(19(2)31-18)28(35)39-13-5-6-20-9-11-21(12-10-20)15-32-17-29-16-30-32/h4-12,14,16-17,26,31H,13,15H2,1-3H3. The summed E-state index contributed by atoms with van der Waals surface area (Å²) < 4.78 is 12.2. The number of nitrogens with zero attached hydrogens (tertiary/aromatic N) is 4. The van der Waals surface area contributed by atoms with Crippen molar-refractivity contribution in [2.24, 2.45) is 0 Å². The SMILES string of the molecule is COC(=O)C1=C(C)NC(C)=C(C(=O)OCC=Cc2ccc(Cn3cncn3)cc2)C1c1cccc([N+](=O)[O-])c1. The highest BCUT2D eigenvalue weighted by Gasteiger charge is 2.38. The molecule has 0 fully saturated rings. The molecule has 0 spiro atoms. The lowest BCUT2D eigenvalue weighted by Crippen LogP contribution is -2.32. The number of aromatic nitrogens is 3. The van der Waals surface area contributed by atoms with Gasteiger partial charge in [0.25, 0.3) is 5.69 Å². The minimum absolute atomic E-state index is 0.0196. The van der Waals surface area contributed by atoms with Crippen LogP contribution in [0.4, 0.5) is 5.69 Å². The molecule has 1 N–H and O–H groups in total. The van der Waals surface area contributed by atoms with Crippen LogP contribution in [-0.4, -0.2) is 45.3 Å². The summed E-state index contributed by atoms with van der Waals surface area (Å²) in [6.07, 6.45) is 6.67. The first-order valence-corrected chi connectivity index (χ1v) is 12.0. The molecule has 0 aliphatic carbocycles. The largest absolute Gasteiger partial charge is 0.466 e. The van der Waals surface area contributed by atoms with Crippen molar-refractivity contribution in [3.8, 4) is 0 Å². The van der Waals surface area contributed by atoms with Crippen molar-refractivity contribution in [3.63, 3.8) is 0 Å². The number of ether oxygens (including phenoxy) is 2. The maximum absolute atomic E-state index is 13.3. The molecule has 1 aromatic heterocycles. The van der Waals surface area contributed by atoms with Gasteiger partial charge < -0.3 is 14.8 Å². The smallest absolute Gasteiger partial charge is 0.337 e. The quantitative estimate of drug-likeness (QED) is 0.248. The second kappa shape index (κ2) is 12.0. The van der Waals surface area contributed by atoms with E-state index in [-0.39, 0.29) is 23.4 Å². The normalized spacial score (nSPS) is 15.3. The summed E-state index contributed by atoms with van der Waals surface area (Å²) >= 11 is 0. The van der Waals surface area contributed by atoms with Crippen LogP contribution in [0.3, 0.4) is 0 Å². The van der Waals surface area contributed by atoms with Crippen LogP contribution in [-0.2, 0) is 25.6 Å². The van der Waals surface area contributed by atoms with Gasteiger partial charge in [0.1, 0.15) is 19.3 Å². The molecule has 1 atom stereocenters. The number of nitrogens with one attached hydrogen (secondary N) is 1. The highest BCUT2D eigenvalue weighted by Crippen LogP contribution is 2.40. The van der Waals surface area contributed by atoms with E-state index in [1.165, 1.54) is 31.6 Å². The van der Waals surface area contributed by atoms with E-state index < -0.39 is 22.8 Å². The lowest BCUT2D eigenvalue weighted by Gasteiger charge is -2.30. The van der Waals surface area contributed by atoms with E-state index in [9.17, 15) is 19.7 Å². The fourth-order valence-corrected chi connectivity index (χ4v) is 4.42. The van der Waals surface area contributed by atoms with E-state index >= 15 is 0 Å². The van der Waals surface area contributed by atoms with Crippen molar-refractivity contribution in [2.45, 2.75) is 26.3 Å². The summed E-state index contributed by atoms with van der Waals surface area (Å²) in [5.74, 6) is -2.22. The number of hydrogen-bond acceptors (Lipinski definition) is 9. The fourth-order valence-electron chi connectivity index (χ4n) is 4.42. The predicted octanol–water partition coefficient (Wildman–Crippen LogP) is 3.90. The molecule has 2 aromatic carbocycles. The Hall–Kier alpha value is -5.06. The molecular formula is C28H27N5O6. The first kappa shape index (κ1) is 27.0. The number of carbonyl (C=O) groups excluding carboxylic acids is 2. The Morgan fingerprint density at radius 1 is 1.10 bits per heavy atom. The molecule has 0 radical (unpaired) electrons. The summed E-state index contributed by atoms with van der Waals surface area (Å²) in [4.78, 5) is 40.8. The molecule has 2 heterocycles. The lowest BCUT2D eigenvalue weighted by atomic mass is 9.80. The third-order valence-electron chi connectivity index (χ3n) is 6.21. The van der Waals surface area contributed by atoms with Crippen LogP contribution >= 0.6 is 0 Å². The van der Waals surface area contributed by atoms with Crippen LogP contribution < -0.4 is 5.32 Å². The Balaban J connectivity index is 1.51. The zero-order valence-electron chi connectivity index (χ0n) is 21.7. The minimum Gasteiger partial charge on any atom is -0.466 e. The lowest BCUT2D eigenvalue weighted by molar-refractivity contribution is -0.384. The molecule has 11 heteroatoms. The van der Waals surface area contributed by atoms with Gasteiger partial charge in [-0.15, -0.1) is 0 Å². The van der Waals surface area contributed by atoms with E-state index in [1.807, 2.05) is 30.3 Å². The summed E-state index contributed by atoms with van der Waals surface area (Å²) in [7, 11) is 1.24. The Labute approximate surface area is 224 Å². The number of dihydropyridines is 1. The van der Waals surface area contributed by atoms with Crippen molar-refractivity contribution in [1.82, 2.24) is 20.1 Å². The number of nitro groups is 1. The van der Waals surface area contributed by atoms with Gasteiger partial charge in [0.2, 0.25) is 0 Å². The Kier molecular flexibility index (Phi) is 8.30. The van der Waals surface area contributed by atoms with Crippen molar-refractivity contribution < 1.29 is 24.0 Å². The summed E-state index contributed by atoms with van der Waals surface area (Å²) in [6.45, 7) is 3.96. The Morgan fingerprint density at radius 3 is 2.46 bits per heavy atom. The zero-order valence-corrected chi connectivity index (χ0v) is 21.7. The number of non-ortho nitro benzene ring substituents is 1. The average molecular weight is 530 g/mol. The third-order valence-corrected chi connectivity index (χ3v) is 6.21. The Morgan fingerprint density at radius 2 is 1.82 bits per heavy atom. The minimum atomic E-state index is -0.910. The molecule has 1 aliphatic heterocycles. The number of hydrogen-bond donors (Lipinski definition) is 1. The Bertz CT molecular complexity index is 1470. The number of rotatable bonds is 9. The van der Waals surface area contributed by atoms with Crippen LogP contribution in [0, 0.1) is 10.1 Å². The molecule has 11 nitrogen and oxygen atoms in total. The second-order valence-corrected chi connectivity index (χ2v) is 8.81. The maximum atomic E-state index is 13.3. The molecule has 4 rings (SSSR count). The van der Waals surface area contributed by atoms with Gasteiger partial charge in [-0.25, -0.2) is 19.3 Å². The summed E-state index contributed by atoms with van der Waals surface area (Å²) in [5.41, 5.74) is 3.54. The van der Waals surface area contributed by atoms with E-state index in [0.717, 1.165) is 11.1 Å². The fraction of sp³-hybridized carbons (Fsp3) is 0.214. The number of allylic oxidation sites excluding steroid dienone is 2. The van der Waals surface area contributed by atoms with Gasteiger partial charge in [-0.05, 0) is 36.6 Å². The average Bonchev–Trinajstić information content (AvgIpc) is 3.44. The molecule has 1 aliphatic rings. The first-order valence-electron chi connectivity index (χ1n) is 12.0. The summed E-state index contributed by atoms with van der Waals surface area (Å²) in [6, 6.07) is 13.7. The highest BCUT2D eigenvalue weighted by molar-refractivity contribution is 6.00. The number of benzene rings is 2. The van der Waals surface area contributed by atoms with Crippen molar-refractivity contribution in [3.05, 3.63) is 117 Å². The van der Waals surface area contributed by atoms with Crippen molar-refractivity contribution >= 4 is 23.7 Å². The van der Waals surface area contributed by atoms with Gasteiger partial charge in [-0.1, -0.05) is 42.5 Å². The molecule has 0 amide bonds. The zero-order chi connectivity index (χ0) is 27.9. The number of methoxy groups -OCH3 is 1. The third kappa shape index (κ3) is 6.27. The first-order chi connectivity index (χ1) is 18.8. The molecule has 39 heavy (non-hydrogen) atoms. The van der Waals surface area contributed by atoms with Gasteiger partial charge in [0.05, 0.1) is 35.6 Å². The second-order valence-electron chi connectivity index (χ2n) is 8.81. The molecule has 200 valence electrons. The number of nitro benzene ring substituents is 1. The van der Waals surface area contributed by atoms with Crippen molar-refractivity contribution in [1.29, 1.82) is 0 Å². The van der Waals surface area contributed by atoms with E-state index in [1.54, 1.807) is 37.0 Å². The van der Waals surface area contributed by atoms with Gasteiger partial charge in [-0.3, -0.25) is 10.1 Å². The van der Waals surface area contributed by atoms with Crippen LogP contribution in [0.25, 0.3) is 6.08 Å². The van der Waals surface area contributed by atoms with Gasteiger partial charge >= 0.3 is 11.9 Å². The maximum Gasteiger partial charge on any atom is 0.337 e.